The lowest BCUT2D eigenvalue weighted by molar-refractivity contribution is 0.443. The van der Waals surface area contributed by atoms with Gasteiger partial charge in [-0.1, -0.05) is 13.0 Å². The summed E-state index contributed by atoms with van der Waals surface area (Å²) in [5, 5.41) is 0. The second-order valence-corrected chi connectivity index (χ2v) is 8.27. The Kier molecular flexibility index (Phi) is 2.23. The van der Waals surface area contributed by atoms with Crippen molar-refractivity contribution in [3.8, 4) is 0 Å². The third-order valence-electron chi connectivity index (χ3n) is 1.30. The second-order valence-electron chi connectivity index (χ2n) is 3.84. The highest BCUT2D eigenvalue weighted by molar-refractivity contribution is 6.70. The van der Waals surface area contributed by atoms with Crippen LogP contribution in [0.2, 0.25) is 19.6 Å². The molecule has 0 atom stereocenters. The number of hydrogen-bond acceptors (Lipinski definition) is 1. The van der Waals surface area contributed by atoms with Gasteiger partial charge in [0.15, 0.2) is 0 Å². The highest BCUT2D eigenvalue weighted by atomic mass is 28.4. The maximum Gasteiger partial charge on any atom is 0.242 e. The van der Waals surface area contributed by atoms with Gasteiger partial charge in [-0.05, 0) is 31.8 Å². The van der Waals surface area contributed by atoms with Crippen molar-refractivity contribution < 1.29 is 4.43 Å². The Balaban J connectivity index is 2.53. The van der Waals surface area contributed by atoms with Gasteiger partial charge in [0.05, 0.1) is 5.76 Å². The molecule has 1 radical (unpaired) electrons. The van der Waals surface area contributed by atoms with Crippen LogP contribution in [0.15, 0.2) is 24.0 Å². The van der Waals surface area contributed by atoms with Crippen LogP contribution in [0.1, 0.15) is 6.92 Å². The fourth-order valence-electron chi connectivity index (χ4n) is 0.951. The van der Waals surface area contributed by atoms with Gasteiger partial charge in [0.25, 0.3) is 0 Å². The summed E-state index contributed by atoms with van der Waals surface area (Å²) in [6.45, 7) is 8.65. The van der Waals surface area contributed by atoms with Crippen molar-refractivity contribution in [2.75, 3.05) is 0 Å². The summed E-state index contributed by atoms with van der Waals surface area (Å²) in [6.07, 6.45) is 6.20. The second kappa shape index (κ2) is 2.86. The molecule has 0 N–H and O–H groups in total. The SMILES string of the molecule is C[C]1C=CC(O[Si](C)(C)C)=C1. The molecule has 0 amide bonds. The summed E-state index contributed by atoms with van der Waals surface area (Å²) in [7, 11) is -1.38. The Labute approximate surface area is 69.9 Å². The highest BCUT2D eigenvalue weighted by Gasteiger charge is 2.18. The van der Waals surface area contributed by atoms with Gasteiger partial charge in [-0.2, -0.15) is 0 Å². The van der Waals surface area contributed by atoms with Gasteiger partial charge in [-0.3, -0.25) is 0 Å². The molecule has 1 aliphatic rings. The molecule has 2 heteroatoms. The Morgan fingerprint density at radius 3 is 2.18 bits per heavy atom. The van der Waals surface area contributed by atoms with Crippen LogP contribution in [0.3, 0.4) is 0 Å². The monoisotopic (exact) mass is 167 g/mol. The molecular formula is C9H15OSi. The molecule has 0 saturated heterocycles. The molecule has 1 aliphatic carbocycles. The first kappa shape index (κ1) is 8.59. The largest absolute Gasteiger partial charge is 0.545 e. The van der Waals surface area contributed by atoms with E-state index in [2.05, 4.69) is 38.7 Å². The van der Waals surface area contributed by atoms with Crippen LogP contribution in [0.4, 0.5) is 0 Å². The molecule has 0 saturated carbocycles. The molecule has 0 unspecified atom stereocenters. The maximum absolute atomic E-state index is 5.76. The fourth-order valence-corrected chi connectivity index (χ4v) is 1.79. The first-order chi connectivity index (χ1) is 4.97. The predicted molar refractivity (Wildman–Crippen MR) is 50.6 cm³/mol. The molecule has 0 spiro atoms. The number of hydrogen-bond donors (Lipinski definition) is 0. The Hall–Kier alpha value is -0.503. The average Bonchev–Trinajstić information content (AvgIpc) is 2.10. The zero-order chi connectivity index (χ0) is 8.48. The van der Waals surface area contributed by atoms with Crippen LogP contribution >= 0.6 is 0 Å². The zero-order valence-electron chi connectivity index (χ0n) is 7.64. The molecule has 0 aromatic heterocycles. The van der Waals surface area contributed by atoms with Crippen molar-refractivity contribution in [2.45, 2.75) is 26.6 Å². The molecule has 0 heterocycles. The van der Waals surface area contributed by atoms with Crippen LogP contribution < -0.4 is 0 Å². The Bertz CT molecular complexity index is 198. The van der Waals surface area contributed by atoms with E-state index in [-0.39, 0.29) is 0 Å². The lowest BCUT2D eigenvalue weighted by Gasteiger charge is -2.18. The molecule has 0 aliphatic heterocycles. The topological polar surface area (TPSA) is 9.23 Å². The van der Waals surface area contributed by atoms with E-state index in [1.807, 2.05) is 6.08 Å². The van der Waals surface area contributed by atoms with Crippen molar-refractivity contribution in [2.24, 2.45) is 0 Å². The number of allylic oxidation sites excluding steroid dienone is 3. The van der Waals surface area contributed by atoms with E-state index in [1.54, 1.807) is 0 Å². The third-order valence-corrected chi connectivity index (χ3v) is 2.15. The third kappa shape index (κ3) is 2.93. The van der Waals surface area contributed by atoms with Crippen LogP contribution in [-0.2, 0) is 4.43 Å². The van der Waals surface area contributed by atoms with E-state index in [0.29, 0.717) is 0 Å². The molecule has 0 fully saturated rings. The summed E-state index contributed by atoms with van der Waals surface area (Å²) in [4.78, 5) is 0. The molecule has 0 aromatic rings. The minimum Gasteiger partial charge on any atom is -0.545 e. The van der Waals surface area contributed by atoms with Crippen LogP contribution in [0, 0.1) is 5.92 Å². The summed E-state index contributed by atoms with van der Waals surface area (Å²) in [6, 6.07) is 0. The van der Waals surface area contributed by atoms with Crippen LogP contribution in [0.5, 0.6) is 0 Å². The van der Waals surface area contributed by atoms with Crippen LogP contribution in [0.25, 0.3) is 0 Å². The summed E-state index contributed by atoms with van der Waals surface area (Å²) < 4.78 is 5.76. The van der Waals surface area contributed by atoms with E-state index < -0.39 is 8.32 Å². The van der Waals surface area contributed by atoms with E-state index >= 15 is 0 Å². The number of rotatable bonds is 2. The summed E-state index contributed by atoms with van der Waals surface area (Å²) >= 11 is 0. The van der Waals surface area contributed by atoms with Gasteiger partial charge < -0.3 is 4.43 Å². The van der Waals surface area contributed by atoms with Gasteiger partial charge in [-0.25, -0.2) is 0 Å². The predicted octanol–water partition coefficient (Wildman–Crippen LogP) is 2.89. The van der Waals surface area contributed by atoms with Crippen molar-refractivity contribution in [3.63, 3.8) is 0 Å². The van der Waals surface area contributed by atoms with Gasteiger partial charge in [0.1, 0.15) is 0 Å². The normalized spacial score (nSPS) is 18.7. The highest BCUT2D eigenvalue weighted by Crippen LogP contribution is 2.21. The van der Waals surface area contributed by atoms with E-state index in [9.17, 15) is 0 Å². The van der Waals surface area contributed by atoms with Gasteiger partial charge in [0.2, 0.25) is 8.32 Å². The van der Waals surface area contributed by atoms with Crippen LogP contribution in [-0.4, -0.2) is 8.32 Å². The van der Waals surface area contributed by atoms with Crippen molar-refractivity contribution >= 4 is 8.32 Å². The van der Waals surface area contributed by atoms with Crippen molar-refractivity contribution in [1.29, 1.82) is 0 Å². The fraction of sp³-hybridized carbons (Fsp3) is 0.444. The first-order valence-corrected chi connectivity index (χ1v) is 7.30. The van der Waals surface area contributed by atoms with E-state index in [4.69, 9.17) is 4.43 Å². The Morgan fingerprint density at radius 2 is 1.82 bits per heavy atom. The van der Waals surface area contributed by atoms with Gasteiger partial charge in [0, 0.05) is 5.92 Å². The average molecular weight is 167 g/mol. The van der Waals surface area contributed by atoms with Crippen molar-refractivity contribution in [1.82, 2.24) is 0 Å². The van der Waals surface area contributed by atoms with Crippen molar-refractivity contribution in [3.05, 3.63) is 29.9 Å². The molecule has 0 aromatic carbocycles. The first-order valence-electron chi connectivity index (χ1n) is 3.90. The quantitative estimate of drug-likeness (QED) is 0.575. The standard InChI is InChI=1S/C9H15OSi/c1-8-5-6-9(7-8)10-11(2,3)4/h5-7H,1-4H3. The smallest absolute Gasteiger partial charge is 0.242 e. The minimum atomic E-state index is -1.38. The van der Waals surface area contributed by atoms with Gasteiger partial charge in [-0.15, -0.1) is 0 Å². The molecule has 61 valence electrons. The van der Waals surface area contributed by atoms with E-state index in [0.717, 1.165) is 5.76 Å². The van der Waals surface area contributed by atoms with E-state index in [1.165, 1.54) is 5.92 Å². The minimum absolute atomic E-state index is 1.03. The zero-order valence-corrected chi connectivity index (χ0v) is 8.64. The maximum atomic E-state index is 5.76. The summed E-state index contributed by atoms with van der Waals surface area (Å²) in [5.41, 5.74) is 0. The molecule has 1 nitrogen and oxygen atoms in total. The molecular weight excluding hydrogens is 152 g/mol. The summed E-state index contributed by atoms with van der Waals surface area (Å²) in [5.74, 6) is 2.31. The lowest BCUT2D eigenvalue weighted by Crippen LogP contribution is -2.24. The lowest BCUT2D eigenvalue weighted by atomic mass is 10.2. The molecule has 1 rings (SSSR count). The Morgan fingerprint density at radius 1 is 1.18 bits per heavy atom. The molecule has 0 bridgehead atoms. The van der Waals surface area contributed by atoms with Gasteiger partial charge >= 0.3 is 0 Å². The molecule has 11 heavy (non-hydrogen) atoms.